The van der Waals surface area contributed by atoms with Crippen molar-refractivity contribution in [3.8, 4) is 0 Å². The Kier molecular flexibility index (Phi) is 3.79. The van der Waals surface area contributed by atoms with E-state index < -0.39 is 0 Å². The van der Waals surface area contributed by atoms with Crippen LogP contribution in [0.15, 0.2) is 30.3 Å². The third-order valence-corrected chi connectivity index (χ3v) is 5.00. The van der Waals surface area contributed by atoms with E-state index in [2.05, 4.69) is 17.4 Å². The van der Waals surface area contributed by atoms with Gasteiger partial charge in [0.25, 0.3) is 0 Å². The summed E-state index contributed by atoms with van der Waals surface area (Å²) in [6.45, 7) is 0. The van der Waals surface area contributed by atoms with E-state index in [9.17, 15) is 9.90 Å². The largest absolute Gasteiger partial charge is 0.393 e. The van der Waals surface area contributed by atoms with Gasteiger partial charge >= 0.3 is 0 Å². The lowest BCUT2D eigenvalue weighted by atomic mass is 9.63. The van der Waals surface area contributed by atoms with Crippen LogP contribution < -0.4 is 5.32 Å². The summed E-state index contributed by atoms with van der Waals surface area (Å²) in [6, 6.07) is 10.4. The van der Waals surface area contributed by atoms with Crippen molar-refractivity contribution in [2.75, 3.05) is 0 Å². The average molecular weight is 273 g/mol. The van der Waals surface area contributed by atoms with Gasteiger partial charge in [-0.1, -0.05) is 36.8 Å². The van der Waals surface area contributed by atoms with E-state index in [1.807, 2.05) is 18.2 Å². The van der Waals surface area contributed by atoms with Gasteiger partial charge in [0, 0.05) is 6.04 Å². The molecule has 20 heavy (non-hydrogen) atoms. The molecule has 0 heterocycles. The highest BCUT2D eigenvalue weighted by atomic mass is 16.3. The Labute approximate surface area is 120 Å². The van der Waals surface area contributed by atoms with Gasteiger partial charge in [0.05, 0.1) is 11.5 Å². The summed E-state index contributed by atoms with van der Waals surface area (Å²) in [5.74, 6) is 0.191. The van der Waals surface area contributed by atoms with E-state index in [1.165, 1.54) is 0 Å². The number of carbonyl (C=O) groups excluding carboxylic acids is 1. The van der Waals surface area contributed by atoms with Crippen LogP contribution >= 0.6 is 0 Å². The van der Waals surface area contributed by atoms with Crippen molar-refractivity contribution < 1.29 is 9.90 Å². The molecular weight excluding hydrogens is 250 g/mol. The fourth-order valence-corrected chi connectivity index (χ4v) is 3.48. The second kappa shape index (κ2) is 5.57. The summed E-state index contributed by atoms with van der Waals surface area (Å²) in [5, 5.41) is 12.8. The van der Waals surface area contributed by atoms with Crippen LogP contribution in [0.1, 0.15) is 50.5 Å². The summed E-state index contributed by atoms with van der Waals surface area (Å²) < 4.78 is 0. The first kappa shape index (κ1) is 13.6. The summed E-state index contributed by atoms with van der Waals surface area (Å²) in [5.41, 5.74) is 0.858. The molecule has 2 N–H and O–H groups in total. The first-order chi connectivity index (χ1) is 9.71. The zero-order valence-electron chi connectivity index (χ0n) is 11.8. The van der Waals surface area contributed by atoms with Gasteiger partial charge in [-0.2, -0.15) is 0 Å². The summed E-state index contributed by atoms with van der Waals surface area (Å²) >= 11 is 0. The second-order valence-electron chi connectivity index (χ2n) is 6.28. The van der Waals surface area contributed by atoms with Crippen LogP contribution in [-0.2, 0) is 10.2 Å². The summed E-state index contributed by atoms with van der Waals surface area (Å²) in [4.78, 5) is 12.7. The van der Waals surface area contributed by atoms with Crippen molar-refractivity contribution in [1.82, 2.24) is 5.32 Å². The molecule has 3 nitrogen and oxygen atoms in total. The minimum atomic E-state index is -0.294. The molecule has 0 aromatic heterocycles. The van der Waals surface area contributed by atoms with Crippen molar-refractivity contribution in [1.29, 1.82) is 0 Å². The topological polar surface area (TPSA) is 49.3 Å². The highest BCUT2D eigenvalue weighted by Gasteiger charge is 2.46. The Balaban J connectivity index is 1.69. The first-order valence-corrected chi connectivity index (χ1v) is 7.75. The fourth-order valence-electron chi connectivity index (χ4n) is 3.48. The van der Waals surface area contributed by atoms with E-state index in [-0.39, 0.29) is 23.5 Å². The molecule has 0 radical (unpaired) electrons. The van der Waals surface area contributed by atoms with Crippen molar-refractivity contribution in [2.45, 2.75) is 62.5 Å². The van der Waals surface area contributed by atoms with Gasteiger partial charge in [-0.25, -0.2) is 0 Å². The quantitative estimate of drug-likeness (QED) is 0.889. The molecule has 2 fully saturated rings. The van der Waals surface area contributed by atoms with Gasteiger partial charge in [-0.05, 0) is 44.1 Å². The number of carbonyl (C=O) groups is 1. The number of hydrogen-bond donors (Lipinski definition) is 2. The molecule has 2 aliphatic rings. The average Bonchev–Trinajstić information content (AvgIpc) is 2.41. The van der Waals surface area contributed by atoms with Crippen LogP contribution in [0.2, 0.25) is 0 Å². The van der Waals surface area contributed by atoms with Crippen LogP contribution in [0.25, 0.3) is 0 Å². The fraction of sp³-hybridized carbons (Fsp3) is 0.588. The predicted octanol–water partition coefficient (Wildman–Crippen LogP) is 2.53. The molecule has 0 aliphatic heterocycles. The molecule has 108 valence electrons. The molecule has 1 aromatic rings. The van der Waals surface area contributed by atoms with Gasteiger partial charge in [-0.3, -0.25) is 4.79 Å². The Morgan fingerprint density at radius 1 is 1.10 bits per heavy atom. The minimum Gasteiger partial charge on any atom is -0.393 e. The van der Waals surface area contributed by atoms with Crippen LogP contribution in [0.4, 0.5) is 0 Å². The zero-order chi connectivity index (χ0) is 14.0. The van der Waals surface area contributed by atoms with E-state index in [0.717, 1.165) is 50.5 Å². The van der Waals surface area contributed by atoms with Crippen LogP contribution in [-0.4, -0.2) is 23.2 Å². The molecule has 3 rings (SSSR count). The molecule has 3 heteroatoms. The van der Waals surface area contributed by atoms with E-state index in [4.69, 9.17) is 0 Å². The zero-order valence-corrected chi connectivity index (χ0v) is 11.8. The van der Waals surface area contributed by atoms with Crippen LogP contribution in [0.3, 0.4) is 0 Å². The molecular formula is C17H23NO2. The van der Waals surface area contributed by atoms with Gasteiger partial charge < -0.3 is 10.4 Å². The molecule has 2 saturated carbocycles. The lowest BCUT2D eigenvalue weighted by molar-refractivity contribution is -0.131. The molecule has 1 amide bonds. The molecule has 2 aliphatic carbocycles. The van der Waals surface area contributed by atoms with Crippen LogP contribution in [0, 0.1) is 0 Å². The highest BCUT2D eigenvalue weighted by molar-refractivity contribution is 5.89. The number of amides is 1. The number of aliphatic hydroxyl groups excluding tert-OH is 1. The monoisotopic (exact) mass is 273 g/mol. The Bertz CT molecular complexity index is 459. The highest BCUT2D eigenvalue weighted by Crippen LogP contribution is 2.44. The van der Waals surface area contributed by atoms with E-state index in [0.29, 0.717) is 0 Å². The van der Waals surface area contributed by atoms with Crippen molar-refractivity contribution >= 4 is 5.91 Å². The van der Waals surface area contributed by atoms with Gasteiger partial charge in [0.2, 0.25) is 5.91 Å². The number of benzene rings is 1. The minimum absolute atomic E-state index is 0.171. The molecule has 0 spiro atoms. The second-order valence-corrected chi connectivity index (χ2v) is 6.28. The van der Waals surface area contributed by atoms with Crippen molar-refractivity contribution in [3.63, 3.8) is 0 Å². The number of hydrogen-bond acceptors (Lipinski definition) is 2. The summed E-state index contributed by atoms with van der Waals surface area (Å²) in [6.07, 6.45) is 6.29. The van der Waals surface area contributed by atoms with Gasteiger partial charge in [-0.15, -0.1) is 0 Å². The summed E-state index contributed by atoms with van der Waals surface area (Å²) in [7, 11) is 0. The predicted molar refractivity (Wildman–Crippen MR) is 78.4 cm³/mol. The number of rotatable bonds is 3. The molecule has 0 saturated heterocycles. The third kappa shape index (κ3) is 2.47. The molecule has 0 bridgehead atoms. The molecule has 0 unspecified atom stereocenters. The maximum Gasteiger partial charge on any atom is 0.230 e. The Hall–Kier alpha value is -1.35. The number of aliphatic hydroxyl groups is 1. The van der Waals surface area contributed by atoms with Gasteiger partial charge in [0.1, 0.15) is 0 Å². The van der Waals surface area contributed by atoms with Gasteiger partial charge in [0.15, 0.2) is 0 Å². The lowest BCUT2D eigenvalue weighted by Crippen LogP contribution is -2.52. The smallest absolute Gasteiger partial charge is 0.230 e. The van der Waals surface area contributed by atoms with Crippen molar-refractivity contribution in [3.05, 3.63) is 35.9 Å². The Morgan fingerprint density at radius 2 is 1.75 bits per heavy atom. The lowest BCUT2D eigenvalue weighted by Gasteiger charge is -2.42. The maximum atomic E-state index is 12.7. The van der Waals surface area contributed by atoms with Crippen LogP contribution in [0.5, 0.6) is 0 Å². The number of nitrogens with one attached hydrogen (secondary N) is 1. The Morgan fingerprint density at radius 3 is 2.30 bits per heavy atom. The molecule has 0 atom stereocenters. The molecule has 1 aromatic carbocycles. The first-order valence-electron chi connectivity index (χ1n) is 7.75. The maximum absolute atomic E-state index is 12.7. The van der Waals surface area contributed by atoms with E-state index >= 15 is 0 Å². The van der Waals surface area contributed by atoms with Crippen molar-refractivity contribution in [2.24, 2.45) is 0 Å². The van der Waals surface area contributed by atoms with E-state index in [1.54, 1.807) is 0 Å². The normalized spacial score (nSPS) is 28.4. The SMILES string of the molecule is O=C(NC1CCC(O)CC1)C1(c2ccccc2)CCC1. The third-order valence-electron chi connectivity index (χ3n) is 5.00. The standard InChI is InChI=1S/C17H23NO2/c19-15-9-7-14(8-10-15)18-16(20)17(11-4-12-17)13-5-2-1-3-6-13/h1-3,5-6,14-15,19H,4,7-12H2,(H,18,20).